The van der Waals surface area contributed by atoms with Crippen LogP contribution in [0.15, 0.2) is 24.3 Å². The maximum absolute atomic E-state index is 6.10. The van der Waals surface area contributed by atoms with E-state index in [1.807, 2.05) is 0 Å². The number of nitrogen functional groups attached to an aromatic ring is 1. The molecule has 0 saturated carbocycles. The first kappa shape index (κ1) is 16.3. The van der Waals surface area contributed by atoms with Crippen LogP contribution in [0.1, 0.15) is 24.0 Å². The zero-order valence-electron chi connectivity index (χ0n) is 15.2. The lowest BCUT2D eigenvalue weighted by molar-refractivity contribution is 0.395. The van der Waals surface area contributed by atoms with Gasteiger partial charge in [0.2, 0.25) is 5.95 Å². The molecule has 2 aliphatic rings. The van der Waals surface area contributed by atoms with E-state index in [1.165, 1.54) is 29.7 Å². The third kappa shape index (κ3) is 3.21. The number of benzene rings is 1. The molecule has 132 valence electrons. The zero-order chi connectivity index (χ0) is 17.4. The van der Waals surface area contributed by atoms with E-state index in [9.17, 15) is 0 Å². The van der Waals surface area contributed by atoms with Gasteiger partial charge in [-0.1, -0.05) is 24.3 Å². The standard InChI is InChI=1S/C20H27N5/c1-24-11-10-14(12-24)13-25(2)19-17-9-5-7-15-6-3-4-8-16(15)18(17)22-20(21)23-19/h3-4,6,8,14H,5,7,9-13H2,1-2H3,(H2,21,22,23). The summed E-state index contributed by atoms with van der Waals surface area (Å²) in [5, 5.41) is 0. The minimum Gasteiger partial charge on any atom is -0.368 e. The molecule has 1 fully saturated rings. The van der Waals surface area contributed by atoms with Crippen LogP contribution in [0.25, 0.3) is 11.3 Å². The number of aromatic nitrogens is 2. The summed E-state index contributed by atoms with van der Waals surface area (Å²) in [5.41, 5.74) is 11.0. The summed E-state index contributed by atoms with van der Waals surface area (Å²) < 4.78 is 0. The molecule has 1 aromatic heterocycles. The minimum atomic E-state index is 0.376. The van der Waals surface area contributed by atoms with Gasteiger partial charge in [-0.2, -0.15) is 4.98 Å². The Balaban J connectivity index is 1.71. The van der Waals surface area contributed by atoms with Gasteiger partial charge in [0, 0.05) is 31.3 Å². The lowest BCUT2D eigenvalue weighted by atomic mass is 10.0. The summed E-state index contributed by atoms with van der Waals surface area (Å²) in [6, 6.07) is 8.57. The Bertz CT molecular complexity index is 773. The zero-order valence-corrected chi connectivity index (χ0v) is 15.2. The molecule has 2 aromatic rings. The highest BCUT2D eigenvalue weighted by atomic mass is 15.2. The Morgan fingerprint density at radius 1 is 1.24 bits per heavy atom. The Labute approximate surface area is 149 Å². The van der Waals surface area contributed by atoms with Gasteiger partial charge in [0.15, 0.2) is 0 Å². The predicted molar refractivity (Wildman–Crippen MR) is 103 cm³/mol. The van der Waals surface area contributed by atoms with Crippen molar-refractivity contribution in [2.75, 3.05) is 44.4 Å². The van der Waals surface area contributed by atoms with Gasteiger partial charge in [0.05, 0.1) is 5.69 Å². The Kier molecular flexibility index (Phi) is 4.34. The van der Waals surface area contributed by atoms with E-state index in [-0.39, 0.29) is 0 Å². The lowest BCUT2D eigenvalue weighted by Gasteiger charge is -2.25. The third-order valence-electron chi connectivity index (χ3n) is 5.53. The van der Waals surface area contributed by atoms with Crippen LogP contribution in [0.5, 0.6) is 0 Å². The first-order chi connectivity index (χ1) is 12.1. The molecule has 2 N–H and O–H groups in total. The molecule has 1 aromatic carbocycles. The van der Waals surface area contributed by atoms with Gasteiger partial charge in [-0.15, -0.1) is 0 Å². The fourth-order valence-corrected chi connectivity index (χ4v) is 4.33. The summed E-state index contributed by atoms with van der Waals surface area (Å²) in [7, 11) is 4.35. The molecule has 1 aliphatic carbocycles. The van der Waals surface area contributed by atoms with Gasteiger partial charge < -0.3 is 15.5 Å². The highest BCUT2D eigenvalue weighted by molar-refractivity contribution is 5.73. The Hall–Kier alpha value is -2.14. The molecule has 1 unspecified atom stereocenters. The summed E-state index contributed by atoms with van der Waals surface area (Å²) in [6.45, 7) is 3.38. The highest BCUT2D eigenvalue weighted by Crippen LogP contribution is 2.36. The smallest absolute Gasteiger partial charge is 0.222 e. The second-order valence-corrected chi connectivity index (χ2v) is 7.54. The van der Waals surface area contributed by atoms with Crippen LogP contribution in [-0.4, -0.2) is 48.6 Å². The number of hydrogen-bond acceptors (Lipinski definition) is 5. The van der Waals surface area contributed by atoms with Crippen molar-refractivity contribution >= 4 is 11.8 Å². The average molecular weight is 337 g/mol. The maximum atomic E-state index is 6.10. The second kappa shape index (κ2) is 6.64. The number of aryl methyl sites for hydroxylation is 1. The predicted octanol–water partition coefficient (Wildman–Crippen LogP) is 2.60. The van der Waals surface area contributed by atoms with E-state index >= 15 is 0 Å². The van der Waals surface area contributed by atoms with E-state index in [0.29, 0.717) is 11.9 Å². The van der Waals surface area contributed by atoms with Crippen molar-refractivity contribution in [3.63, 3.8) is 0 Å². The third-order valence-corrected chi connectivity index (χ3v) is 5.53. The molecule has 0 spiro atoms. The van der Waals surface area contributed by atoms with Gasteiger partial charge in [0.1, 0.15) is 5.82 Å². The molecule has 5 heteroatoms. The normalized spacial score (nSPS) is 20.0. The quantitative estimate of drug-likeness (QED) is 0.933. The van der Waals surface area contributed by atoms with Crippen molar-refractivity contribution in [2.45, 2.75) is 25.7 Å². The number of nitrogens with two attached hydrogens (primary N) is 1. The van der Waals surface area contributed by atoms with Crippen molar-refractivity contribution < 1.29 is 0 Å². The highest BCUT2D eigenvalue weighted by Gasteiger charge is 2.25. The monoisotopic (exact) mass is 337 g/mol. The molecule has 1 aliphatic heterocycles. The van der Waals surface area contributed by atoms with Gasteiger partial charge >= 0.3 is 0 Å². The summed E-state index contributed by atoms with van der Waals surface area (Å²) in [4.78, 5) is 14.0. The molecule has 4 rings (SSSR count). The molecule has 0 bridgehead atoms. The number of fused-ring (bicyclic) bond motifs is 3. The van der Waals surface area contributed by atoms with Crippen LogP contribution >= 0.6 is 0 Å². The maximum Gasteiger partial charge on any atom is 0.222 e. The van der Waals surface area contributed by atoms with Crippen LogP contribution in [0, 0.1) is 5.92 Å². The van der Waals surface area contributed by atoms with E-state index in [4.69, 9.17) is 5.73 Å². The van der Waals surface area contributed by atoms with E-state index in [0.717, 1.165) is 43.9 Å². The Morgan fingerprint density at radius 3 is 2.88 bits per heavy atom. The number of likely N-dealkylation sites (tertiary alicyclic amines) is 1. The van der Waals surface area contributed by atoms with Crippen LogP contribution in [-0.2, 0) is 12.8 Å². The van der Waals surface area contributed by atoms with Gasteiger partial charge in [-0.05, 0) is 50.8 Å². The van der Waals surface area contributed by atoms with Crippen LogP contribution < -0.4 is 10.6 Å². The van der Waals surface area contributed by atoms with Crippen molar-refractivity contribution in [3.05, 3.63) is 35.4 Å². The van der Waals surface area contributed by atoms with E-state index in [2.05, 4.69) is 58.1 Å². The number of rotatable bonds is 3. The minimum absolute atomic E-state index is 0.376. The largest absolute Gasteiger partial charge is 0.368 e. The summed E-state index contributed by atoms with van der Waals surface area (Å²) in [5.74, 6) is 2.09. The molecule has 5 nitrogen and oxygen atoms in total. The molecule has 25 heavy (non-hydrogen) atoms. The number of anilines is 2. The lowest BCUT2D eigenvalue weighted by Crippen LogP contribution is -2.29. The molecule has 0 amide bonds. The summed E-state index contributed by atoms with van der Waals surface area (Å²) in [6.07, 6.45) is 4.48. The van der Waals surface area contributed by atoms with Crippen LogP contribution in [0.2, 0.25) is 0 Å². The van der Waals surface area contributed by atoms with E-state index in [1.54, 1.807) is 0 Å². The summed E-state index contributed by atoms with van der Waals surface area (Å²) >= 11 is 0. The van der Waals surface area contributed by atoms with Gasteiger partial charge in [0.25, 0.3) is 0 Å². The Morgan fingerprint density at radius 2 is 2.08 bits per heavy atom. The first-order valence-electron chi connectivity index (χ1n) is 9.26. The second-order valence-electron chi connectivity index (χ2n) is 7.54. The van der Waals surface area contributed by atoms with Crippen molar-refractivity contribution in [3.8, 4) is 11.3 Å². The van der Waals surface area contributed by atoms with Gasteiger partial charge in [-0.25, -0.2) is 4.98 Å². The van der Waals surface area contributed by atoms with Crippen LogP contribution in [0.3, 0.4) is 0 Å². The fourth-order valence-electron chi connectivity index (χ4n) is 4.33. The molecular formula is C20H27N5. The topological polar surface area (TPSA) is 58.3 Å². The average Bonchev–Trinajstić information content (AvgIpc) is 2.91. The van der Waals surface area contributed by atoms with Crippen molar-refractivity contribution in [1.29, 1.82) is 0 Å². The van der Waals surface area contributed by atoms with Crippen molar-refractivity contribution in [2.24, 2.45) is 5.92 Å². The first-order valence-corrected chi connectivity index (χ1v) is 9.26. The molecule has 2 heterocycles. The number of nitrogens with zero attached hydrogens (tertiary/aromatic N) is 4. The number of hydrogen-bond donors (Lipinski definition) is 1. The van der Waals surface area contributed by atoms with Crippen molar-refractivity contribution in [1.82, 2.24) is 14.9 Å². The fraction of sp³-hybridized carbons (Fsp3) is 0.500. The van der Waals surface area contributed by atoms with E-state index < -0.39 is 0 Å². The van der Waals surface area contributed by atoms with Crippen LogP contribution in [0.4, 0.5) is 11.8 Å². The SMILES string of the molecule is CN1CCC(CN(C)c2nc(N)nc3c2CCCc2ccccc2-3)C1. The molecular weight excluding hydrogens is 310 g/mol. The molecule has 1 atom stereocenters. The van der Waals surface area contributed by atoms with Gasteiger partial charge in [-0.3, -0.25) is 0 Å². The molecule has 0 radical (unpaired) electrons. The molecule has 1 saturated heterocycles.